The van der Waals surface area contributed by atoms with Crippen molar-refractivity contribution in [3.8, 4) is 33.1 Å². The van der Waals surface area contributed by atoms with E-state index in [2.05, 4.69) is 15.0 Å². The first-order valence-corrected chi connectivity index (χ1v) is 9.53. The Balaban J connectivity index is 1.86. The Morgan fingerprint density at radius 3 is 2.61 bits per heavy atom. The molecule has 0 radical (unpaired) electrons. The molecule has 0 atom stereocenters. The van der Waals surface area contributed by atoms with Crippen LogP contribution in [-0.2, 0) is 7.05 Å². The molecule has 0 aliphatic heterocycles. The van der Waals surface area contributed by atoms with Crippen LogP contribution in [0.2, 0.25) is 0 Å². The average Bonchev–Trinajstić information content (AvgIpc) is 3.33. The van der Waals surface area contributed by atoms with E-state index < -0.39 is 0 Å². The zero-order valence-electron chi connectivity index (χ0n) is 15.0. The van der Waals surface area contributed by atoms with Crippen LogP contribution in [0, 0.1) is 0 Å². The van der Waals surface area contributed by atoms with Crippen molar-refractivity contribution >= 4 is 21.6 Å². The molecule has 0 saturated heterocycles. The Morgan fingerprint density at radius 2 is 1.89 bits per heavy atom. The lowest BCUT2D eigenvalue weighted by molar-refractivity contribution is 0.913. The first-order valence-electron chi connectivity index (χ1n) is 8.71. The molecule has 0 aliphatic carbocycles. The van der Waals surface area contributed by atoms with E-state index in [-0.39, 0.29) is 5.56 Å². The first kappa shape index (κ1) is 16.6. The van der Waals surface area contributed by atoms with Gasteiger partial charge >= 0.3 is 0 Å². The molecule has 0 spiro atoms. The van der Waals surface area contributed by atoms with Crippen LogP contribution in [0.4, 0.5) is 0 Å². The van der Waals surface area contributed by atoms with Crippen molar-refractivity contribution in [1.82, 2.24) is 24.5 Å². The molecule has 6 nitrogen and oxygen atoms in total. The van der Waals surface area contributed by atoms with E-state index in [9.17, 15) is 4.79 Å². The number of nitrogens with zero attached hydrogens (tertiary/aromatic N) is 4. The molecular formula is C21H15N5OS. The smallest absolute Gasteiger partial charge is 0.269 e. The SMILES string of the molecule is Cn1cnc(-c2nc3c(-c4ccccc4)c(-c4cccnc4)sc3c(=O)[nH]2)c1. The van der Waals surface area contributed by atoms with Gasteiger partial charge in [0.05, 0.1) is 11.8 Å². The third kappa shape index (κ3) is 2.73. The number of aromatic amines is 1. The molecule has 7 heteroatoms. The molecule has 136 valence electrons. The van der Waals surface area contributed by atoms with Gasteiger partial charge in [0.1, 0.15) is 10.4 Å². The summed E-state index contributed by atoms with van der Waals surface area (Å²) in [6, 6.07) is 13.9. The molecule has 4 heterocycles. The fraction of sp³-hybridized carbons (Fsp3) is 0.0476. The van der Waals surface area contributed by atoms with E-state index >= 15 is 0 Å². The topological polar surface area (TPSA) is 76.5 Å². The molecule has 5 rings (SSSR count). The van der Waals surface area contributed by atoms with Crippen LogP contribution in [-0.4, -0.2) is 24.5 Å². The Bertz CT molecular complexity index is 1340. The van der Waals surface area contributed by atoms with Gasteiger partial charge in [-0.1, -0.05) is 36.4 Å². The minimum Gasteiger partial charge on any atom is -0.340 e. The second-order valence-corrected chi connectivity index (χ2v) is 7.45. The lowest BCUT2D eigenvalue weighted by Gasteiger charge is -2.05. The van der Waals surface area contributed by atoms with E-state index in [4.69, 9.17) is 4.98 Å². The third-order valence-electron chi connectivity index (χ3n) is 4.48. The summed E-state index contributed by atoms with van der Waals surface area (Å²) in [5.41, 5.74) is 4.06. The van der Waals surface area contributed by atoms with E-state index in [1.54, 1.807) is 12.5 Å². The number of H-pyrrole nitrogens is 1. The molecule has 0 amide bonds. The molecular weight excluding hydrogens is 370 g/mol. The maximum atomic E-state index is 12.9. The minimum atomic E-state index is -0.164. The third-order valence-corrected chi connectivity index (χ3v) is 5.71. The van der Waals surface area contributed by atoms with E-state index in [0.717, 1.165) is 21.6 Å². The van der Waals surface area contributed by atoms with Crippen molar-refractivity contribution in [3.05, 3.63) is 77.7 Å². The van der Waals surface area contributed by atoms with E-state index in [1.165, 1.54) is 11.3 Å². The Labute approximate surface area is 164 Å². The second-order valence-electron chi connectivity index (χ2n) is 6.43. The number of aromatic nitrogens is 5. The highest BCUT2D eigenvalue weighted by atomic mass is 32.1. The maximum Gasteiger partial charge on any atom is 0.269 e. The summed E-state index contributed by atoms with van der Waals surface area (Å²) < 4.78 is 2.42. The number of hydrogen-bond acceptors (Lipinski definition) is 5. The predicted molar refractivity (Wildman–Crippen MR) is 111 cm³/mol. The highest BCUT2D eigenvalue weighted by Gasteiger charge is 2.20. The fourth-order valence-corrected chi connectivity index (χ4v) is 4.36. The highest BCUT2D eigenvalue weighted by Crippen LogP contribution is 2.42. The van der Waals surface area contributed by atoms with E-state index in [1.807, 2.05) is 66.5 Å². The Morgan fingerprint density at radius 1 is 1.07 bits per heavy atom. The van der Waals surface area contributed by atoms with Crippen LogP contribution >= 0.6 is 11.3 Å². The number of aryl methyl sites for hydroxylation is 1. The number of thiophene rings is 1. The fourth-order valence-electron chi connectivity index (χ4n) is 3.22. The standard InChI is InChI=1S/C21H15N5OS/c1-26-11-15(23-12-26)20-24-17-16(13-6-3-2-4-7-13)18(14-8-5-9-22-10-14)28-19(17)21(27)25-20/h2-12H,1H3,(H,24,25,27). The molecule has 0 bridgehead atoms. The largest absolute Gasteiger partial charge is 0.340 e. The monoisotopic (exact) mass is 385 g/mol. The van der Waals surface area contributed by atoms with Gasteiger partial charge < -0.3 is 9.55 Å². The molecule has 0 fully saturated rings. The lowest BCUT2D eigenvalue weighted by atomic mass is 10.0. The molecule has 28 heavy (non-hydrogen) atoms. The summed E-state index contributed by atoms with van der Waals surface area (Å²) >= 11 is 1.44. The van der Waals surface area contributed by atoms with Crippen molar-refractivity contribution < 1.29 is 0 Å². The quantitative estimate of drug-likeness (QED) is 0.507. The average molecular weight is 385 g/mol. The number of fused-ring (bicyclic) bond motifs is 1. The first-order chi connectivity index (χ1) is 13.7. The zero-order chi connectivity index (χ0) is 19.1. The van der Waals surface area contributed by atoms with Gasteiger partial charge in [0, 0.05) is 41.6 Å². The number of pyridine rings is 1. The molecule has 0 unspecified atom stereocenters. The van der Waals surface area contributed by atoms with Gasteiger partial charge in [-0.25, -0.2) is 9.97 Å². The number of nitrogens with one attached hydrogen (secondary N) is 1. The number of imidazole rings is 1. The summed E-state index contributed by atoms with van der Waals surface area (Å²) in [5, 5.41) is 0. The van der Waals surface area contributed by atoms with E-state index in [0.29, 0.717) is 21.7 Å². The second kappa shape index (κ2) is 6.54. The van der Waals surface area contributed by atoms with Crippen LogP contribution in [0.3, 0.4) is 0 Å². The van der Waals surface area contributed by atoms with Crippen LogP contribution < -0.4 is 5.56 Å². The number of rotatable bonds is 3. The summed E-state index contributed by atoms with van der Waals surface area (Å²) in [6.07, 6.45) is 7.07. The maximum absolute atomic E-state index is 12.9. The number of hydrogen-bond donors (Lipinski definition) is 1. The van der Waals surface area contributed by atoms with Gasteiger partial charge in [-0.15, -0.1) is 11.3 Å². The van der Waals surface area contributed by atoms with Gasteiger partial charge in [-0.2, -0.15) is 0 Å². The molecule has 1 aromatic carbocycles. The van der Waals surface area contributed by atoms with Crippen molar-refractivity contribution in [2.75, 3.05) is 0 Å². The van der Waals surface area contributed by atoms with Gasteiger partial charge in [0.2, 0.25) is 0 Å². The molecule has 5 aromatic rings. The summed E-state index contributed by atoms with van der Waals surface area (Å²) in [5.74, 6) is 0.464. The number of benzene rings is 1. The summed E-state index contributed by atoms with van der Waals surface area (Å²) in [7, 11) is 1.88. The van der Waals surface area contributed by atoms with Crippen molar-refractivity contribution in [2.24, 2.45) is 7.05 Å². The van der Waals surface area contributed by atoms with Crippen LogP contribution in [0.15, 0.2) is 72.2 Å². The van der Waals surface area contributed by atoms with Gasteiger partial charge in [-0.3, -0.25) is 9.78 Å². The Kier molecular flexibility index (Phi) is 3.87. The van der Waals surface area contributed by atoms with Gasteiger partial charge in [0.15, 0.2) is 5.82 Å². The molecule has 4 aromatic heterocycles. The minimum absolute atomic E-state index is 0.164. The van der Waals surface area contributed by atoms with Crippen LogP contribution in [0.25, 0.3) is 43.3 Å². The highest BCUT2D eigenvalue weighted by molar-refractivity contribution is 7.22. The van der Waals surface area contributed by atoms with Gasteiger partial charge in [0.25, 0.3) is 5.56 Å². The molecule has 0 aliphatic rings. The summed E-state index contributed by atoms with van der Waals surface area (Å²) in [4.78, 5) is 30.1. The van der Waals surface area contributed by atoms with Crippen molar-refractivity contribution in [2.45, 2.75) is 0 Å². The molecule has 0 saturated carbocycles. The van der Waals surface area contributed by atoms with Crippen molar-refractivity contribution in [1.29, 1.82) is 0 Å². The molecule has 1 N–H and O–H groups in total. The lowest BCUT2D eigenvalue weighted by Crippen LogP contribution is -2.08. The normalized spacial score (nSPS) is 11.2. The van der Waals surface area contributed by atoms with Crippen LogP contribution in [0.1, 0.15) is 0 Å². The van der Waals surface area contributed by atoms with Gasteiger partial charge in [-0.05, 0) is 11.6 Å². The van der Waals surface area contributed by atoms with Crippen LogP contribution in [0.5, 0.6) is 0 Å². The predicted octanol–water partition coefficient (Wildman–Crippen LogP) is 4.11. The van der Waals surface area contributed by atoms with Crippen molar-refractivity contribution in [3.63, 3.8) is 0 Å². The zero-order valence-corrected chi connectivity index (χ0v) is 15.8. The summed E-state index contributed by atoms with van der Waals surface area (Å²) in [6.45, 7) is 0. The Hall–Kier alpha value is -3.58.